The molecular weight excluding hydrogens is 152 g/mol. The van der Waals surface area contributed by atoms with Crippen molar-refractivity contribution >= 4 is 0 Å². The van der Waals surface area contributed by atoms with Crippen molar-refractivity contribution in [1.29, 1.82) is 5.26 Å². The molecule has 3 nitrogen and oxygen atoms in total. The van der Waals surface area contributed by atoms with E-state index in [1.807, 2.05) is 25.1 Å². The largest absolute Gasteiger partial charge is 0.389 e. The topological polar surface area (TPSA) is 47.3 Å². The van der Waals surface area contributed by atoms with Crippen LogP contribution >= 0.6 is 0 Å². The molecule has 1 unspecified atom stereocenters. The quantitative estimate of drug-likeness (QED) is 0.683. The van der Waals surface area contributed by atoms with Crippen LogP contribution in [0.2, 0.25) is 0 Å². The normalized spacial score (nSPS) is 14.3. The summed E-state index contributed by atoms with van der Waals surface area (Å²) in [6, 6.07) is 2.03. The fourth-order valence-electron chi connectivity index (χ4n) is 0.695. The molecule has 0 aliphatic rings. The van der Waals surface area contributed by atoms with Gasteiger partial charge in [-0.2, -0.15) is 5.26 Å². The van der Waals surface area contributed by atoms with Gasteiger partial charge in [-0.15, -0.1) is 0 Å². The molecule has 0 amide bonds. The highest BCUT2D eigenvalue weighted by molar-refractivity contribution is 5.06. The van der Waals surface area contributed by atoms with Crippen LogP contribution in [-0.2, 0) is 0 Å². The highest BCUT2D eigenvalue weighted by Gasteiger charge is 2.23. The van der Waals surface area contributed by atoms with Crippen molar-refractivity contribution in [3.63, 3.8) is 0 Å². The molecule has 1 N–H and O–H groups in total. The number of hydrogen-bond donors (Lipinski definition) is 1. The minimum Gasteiger partial charge on any atom is -0.389 e. The summed E-state index contributed by atoms with van der Waals surface area (Å²) in [5.74, 6) is -0.458. The first kappa shape index (κ1) is 11.0. The smallest absolute Gasteiger partial charge is 0.0942 e. The molecule has 0 radical (unpaired) electrons. The molecule has 0 saturated carbocycles. The summed E-state index contributed by atoms with van der Waals surface area (Å²) < 4.78 is 0. The second-order valence-electron chi connectivity index (χ2n) is 3.57. The first-order valence-corrected chi connectivity index (χ1v) is 3.84. The first-order chi connectivity index (χ1) is 5.38. The van der Waals surface area contributed by atoms with Gasteiger partial charge >= 0.3 is 0 Å². The van der Waals surface area contributed by atoms with Gasteiger partial charge in [-0.1, -0.05) is 0 Å². The predicted octanol–water partition coefficient (Wildman–Crippen LogP) is 0.972. The molecule has 12 heavy (non-hydrogen) atoms. The van der Waals surface area contributed by atoms with Gasteiger partial charge in [-0.05, 0) is 26.1 Å². The maximum Gasteiger partial charge on any atom is 0.0942 e. The molecule has 0 fully saturated rings. The van der Waals surface area contributed by atoms with Gasteiger partial charge < -0.3 is 10.0 Å². The summed E-state index contributed by atoms with van der Waals surface area (Å²) in [6.07, 6.45) is 3.46. The maximum atomic E-state index is 9.50. The second kappa shape index (κ2) is 4.13. The van der Waals surface area contributed by atoms with Crippen LogP contribution in [-0.4, -0.2) is 29.7 Å². The molecule has 0 saturated heterocycles. The number of nitrogens with zero attached hydrogens (tertiary/aromatic N) is 2. The SMILES string of the molecule is CN(C)/C=C/C(C#N)C(C)(C)O. The van der Waals surface area contributed by atoms with E-state index in [-0.39, 0.29) is 0 Å². The van der Waals surface area contributed by atoms with Crippen LogP contribution in [0.3, 0.4) is 0 Å². The van der Waals surface area contributed by atoms with Gasteiger partial charge in [0, 0.05) is 14.1 Å². The molecule has 0 aromatic carbocycles. The number of nitriles is 1. The van der Waals surface area contributed by atoms with Crippen molar-refractivity contribution in [3.8, 4) is 6.07 Å². The maximum absolute atomic E-state index is 9.50. The molecule has 68 valence electrons. The third kappa shape index (κ3) is 3.99. The van der Waals surface area contributed by atoms with Crippen molar-refractivity contribution in [2.75, 3.05) is 14.1 Å². The third-order valence-corrected chi connectivity index (χ3v) is 1.48. The highest BCUT2D eigenvalue weighted by atomic mass is 16.3. The molecule has 1 atom stereocenters. The Bertz CT molecular complexity index is 196. The molecule has 0 spiro atoms. The Morgan fingerprint density at radius 3 is 2.25 bits per heavy atom. The summed E-state index contributed by atoms with van der Waals surface area (Å²) in [5, 5.41) is 18.2. The van der Waals surface area contributed by atoms with E-state index in [0.717, 1.165) is 0 Å². The van der Waals surface area contributed by atoms with Crippen LogP contribution in [0.25, 0.3) is 0 Å². The minimum absolute atomic E-state index is 0.458. The molecule has 0 aliphatic carbocycles. The van der Waals surface area contributed by atoms with E-state index < -0.39 is 11.5 Å². The van der Waals surface area contributed by atoms with Crippen LogP contribution in [0.15, 0.2) is 12.3 Å². The Morgan fingerprint density at radius 1 is 1.50 bits per heavy atom. The van der Waals surface area contributed by atoms with E-state index in [2.05, 4.69) is 0 Å². The lowest BCUT2D eigenvalue weighted by Gasteiger charge is -2.20. The van der Waals surface area contributed by atoms with Crippen LogP contribution in [0.4, 0.5) is 0 Å². The molecule has 0 heterocycles. The molecular formula is C9H16N2O. The molecule has 0 bridgehead atoms. The van der Waals surface area contributed by atoms with E-state index >= 15 is 0 Å². The van der Waals surface area contributed by atoms with E-state index in [9.17, 15) is 5.11 Å². The van der Waals surface area contributed by atoms with Crippen molar-refractivity contribution in [2.24, 2.45) is 5.92 Å². The van der Waals surface area contributed by atoms with Crippen molar-refractivity contribution in [3.05, 3.63) is 12.3 Å². The first-order valence-electron chi connectivity index (χ1n) is 3.84. The van der Waals surface area contributed by atoms with Crippen LogP contribution in [0.1, 0.15) is 13.8 Å². The standard InChI is InChI=1S/C9H16N2O/c1-9(2,12)8(7-10)5-6-11(3)4/h5-6,8,12H,1-4H3/b6-5+. The second-order valence-corrected chi connectivity index (χ2v) is 3.57. The predicted molar refractivity (Wildman–Crippen MR) is 48.2 cm³/mol. The molecule has 0 rings (SSSR count). The Morgan fingerprint density at radius 2 is 2.00 bits per heavy atom. The van der Waals surface area contributed by atoms with Gasteiger partial charge in [-0.3, -0.25) is 0 Å². The van der Waals surface area contributed by atoms with Crippen LogP contribution in [0.5, 0.6) is 0 Å². The Labute approximate surface area is 73.9 Å². The summed E-state index contributed by atoms with van der Waals surface area (Å²) in [6.45, 7) is 3.25. The Balaban J connectivity index is 4.32. The molecule has 0 aromatic heterocycles. The summed E-state index contributed by atoms with van der Waals surface area (Å²) in [4.78, 5) is 1.83. The molecule has 0 aliphatic heterocycles. The Hall–Kier alpha value is -1.01. The minimum atomic E-state index is -0.971. The van der Waals surface area contributed by atoms with Gasteiger partial charge in [0.1, 0.15) is 0 Å². The third-order valence-electron chi connectivity index (χ3n) is 1.48. The van der Waals surface area contributed by atoms with E-state index in [1.165, 1.54) is 0 Å². The summed E-state index contributed by atoms with van der Waals surface area (Å²) in [7, 11) is 3.74. The van der Waals surface area contributed by atoms with Gasteiger partial charge in [0.2, 0.25) is 0 Å². The van der Waals surface area contributed by atoms with Crippen LogP contribution in [0, 0.1) is 17.2 Å². The lowest BCUT2D eigenvalue weighted by Crippen LogP contribution is -2.28. The van der Waals surface area contributed by atoms with Crippen molar-refractivity contribution in [1.82, 2.24) is 4.90 Å². The molecule has 0 aromatic rings. The van der Waals surface area contributed by atoms with E-state index in [4.69, 9.17) is 5.26 Å². The number of aliphatic hydroxyl groups is 1. The zero-order valence-corrected chi connectivity index (χ0v) is 8.07. The monoisotopic (exact) mass is 168 g/mol. The van der Waals surface area contributed by atoms with Gasteiger partial charge in [0.15, 0.2) is 0 Å². The van der Waals surface area contributed by atoms with Crippen molar-refractivity contribution in [2.45, 2.75) is 19.4 Å². The highest BCUT2D eigenvalue weighted by Crippen LogP contribution is 2.16. The number of rotatable bonds is 3. The van der Waals surface area contributed by atoms with E-state index in [1.54, 1.807) is 26.1 Å². The lowest BCUT2D eigenvalue weighted by molar-refractivity contribution is 0.0567. The fraction of sp³-hybridized carbons (Fsp3) is 0.667. The Kier molecular flexibility index (Phi) is 3.78. The van der Waals surface area contributed by atoms with Gasteiger partial charge in [0.05, 0.1) is 17.6 Å². The molecule has 3 heteroatoms. The van der Waals surface area contributed by atoms with Gasteiger partial charge in [0.25, 0.3) is 0 Å². The zero-order valence-electron chi connectivity index (χ0n) is 8.07. The van der Waals surface area contributed by atoms with E-state index in [0.29, 0.717) is 0 Å². The van der Waals surface area contributed by atoms with Gasteiger partial charge in [-0.25, -0.2) is 0 Å². The average Bonchev–Trinajstić information content (AvgIpc) is 1.85. The lowest BCUT2D eigenvalue weighted by atomic mass is 9.92. The summed E-state index contributed by atoms with van der Waals surface area (Å²) >= 11 is 0. The zero-order chi connectivity index (χ0) is 9.78. The summed E-state index contributed by atoms with van der Waals surface area (Å²) in [5.41, 5.74) is -0.971. The average molecular weight is 168 g/mol. The van der Waals surface area contributed by atoms with Crippen LogP contribution < -0.4 is 0 Å². The van der Waals surface area contributed by atoms with Crippen molar-refractivity contribution < 1.29 is 5.11 Å². The number of hydrogen-bond acceptors (Lipinski definition) is 3. The fourth-order valence-corrected chi connectivity index (χ4v) is 0.695.